The minimum Gasteiger partial charge on any atom is -0.259 e. The molecule has 1 aromatic carbocycles. The summed E-state index contributed by atoms with van der Waals surface area (Å²) in [5.74, 6) is 0.498. The van der Waals surface area contributed by atoms with Crippen molar-refractivity contribution in [1.82, 2.24) is 30.0 Å². The van der Waals surface area contributed by atoms with E-state index in [-0.39, 0.29) is 0 Å². The van der Waals surface area contributed by atoms with E-state index >= 15 is 0 Å². The summed E-state index contributed by atoms with van der Waals surface area (Å²) in [4.78, 5) is 1.51. The van der Waals surface area contributed by atoms with Gasteiger partial charge in [0.25, 0.3) is 0 Å². The minimum absolute atomic E-state index is 0.489. The standard InChI is InChI=1S/C14H13N7S/c1-2-20-14(22)12(8-16-20)13-17-19-21(18-13)9-11-5-3-10(7-15)4-6-11/h3-6,8,22H,2,9H2,1H3. The summed E-state index contributed by atoms with van der Waals surface area (Å²) in [6.07, 6.45) is 1.69. The summed E-state index contributed by atoms with van der Waals surface area (Å²) >= 11 is 4.44. The highest BCUT2D eigenvalue weighted by Gasteiger charge is 2.13. The Hall–Kier alpha value is -2.66. The lowest BCUT2D eigenvalue weighted by atomic mass is 10.1. The number of aromatic nitrogens is 6. The third-order valence-electron chi connectivity index (χ3n) is 3.21. The van der Waals surface area contributed by atoms with Crippen molar-refractivity contribution in [3.63, 3.8) is 0 Å². The van der Waals surface area contributed by atoms with Crippen molar-refractivity contribution >= 4 is 12.6 Å². The molecule has 8 heteroatoms. The Morgan fingerprint density at radius 2 is 2.05 bits per heavy atom. The molecule has 0 spiro atoms. The Morgan fingerprint density at radius 1 is 1.27 bits per heavy atom. The van der Waals surface area contributed by atoms with Gasteiger partial charge in [0.15, 0.2) is 0 Å². The lowest BCUT2D eigenvalue weighted by Gasteiger charge is -1.99. The molecule has 0 aliphatic rings. The van der Waals surface area contributed by atoms with Crippen LogP contribution >= 0.6 is 12.6 Å². The van der Waals surface area contributed by atoms with E-state index in [0.717, 1.165) is 22.7 Å². The second kappa shape index (κ2) is 5.99. The molecular weight excluding hydrogens is 298 g/mol. The Kier molecular flexibility index (Phi) is 3.89. The fraction of sp³-hybridized carbons (Fsp3) is 0.214. The maximum absolute atomic E-state index is 8.79. The van der Waals surface area contributed by atoms with Crippen LogP contribution in [0.1, 0.15) is 18.1 Å². The maximum atomic E-state index is 8.79. The summed E-state index contributed by atoms with van der Waals surface area (Å²) in [5.41, 5.74) is 2.39. The number of thiol groups is 1. The van der Waals surface area contributed by atoms with Crippen molar-refractivity contribution in [3.8, 4) is 17.5 Å². The molecule has 0 aliphatic heterocycles. The minimum atomic E-state index is 0.489. The van der Waals surface area contributed by atoms with E-state index in [9.17, 15) is 0 Å². The highest BCUT2D eigenvalue weighted by atomic mass is 32.1. The van der Waals surface area contributed by atoms with Crippen molar-refractivity contribution < 1.29 is 0 Å². The van der Waals surface area contributed by atoms with Gasteiger partial charge in [-0.15, -0.1) is 22.8 Å². The number of tetrazole rings is 1. The molecule has 0 atom stereocenters. The SMILES string of the molecule is CCn1ncc(-c2nnn(Cc3ccc(C#N)cc3)n2)c1S. The highest BCUT2D eigenvalue weighted by molar-refractivity contribution is 7.80. The first kappa shape index (κ1) is 14.3. The van der Waals surface area contributed by atoms with Crippen LogP contribution < -0.4 is 0 Å². The van der Waals surface area contributed by atoms with Gasteiger partial charge in [0.2, 0.25) is 5.82 Å². The van der Waals surface area contributed by atoms with Gasteiger partial charge in [0, 0.05) is 6.54 Å². The molecule has 2 aromatic heterocycles. The second-order valence-corrected chi connectivity index (χ2v) is 5.07. The van der Waals surface area contributed by atoms with Crippen LogP contribution in [-0.2, 0) is 13.1 Å². The quantitative estimate of drug-likeness (QED) is 0.742. The van der Waals surface area contributed by atoms with Crippen LogP contribution in [0, 0.1) is 11.3 Å². The molecule has 0 saturated heterocycles. The third-order valence-corrected chi connectivity index (χ3v) is 3.68. The summed E-state index contributed by atoms with van der Waals surface area (Å²) in [7, 11) is 0. The van der Waals surface area contributed by atoms with Gasteiger partial charge in [0.05, 0.1) is 29.9 Å². The maximum Gasteiger partial charge on any atom is 0.209 e. The molecule has 0 unspecified atom stereocenters. The molecule has 3 aromatic rings. The van der Waals surface area contributed by atoms with Gasteiger partial charge >= 0.3 is 0 Å². The summed E-state index contributed by atoms with van der Waals surface area (Å²) in [5, 5.41) is 26.2. The van der Waals surface area contributed by atoms with Crippen LogP contribution in [0.3, 0.4) is 0 Å². The van der Waals surface area contributed by atoms with Gasteiger partial charge in [-0.1, -0.05) is 12.1 Å². The molecule has 0 radical (unpaired) electrons. The molecule has 2 heterocycles. The lowest BCUT2D eigenvalue weighted by molar-refractivity contribution is 0.572. The zero-order valence-electron chi connectivity index (χ0n) is 11.9. The average molecular weight is 311 g/mol. The normalized spacial score (nSPS) is 10.6. The van der Waals surface area contributed by atoms with Gasteiger partial charge in [0.1, 0.15) is 5.03 Å². The summed E-state index contributed by atoms with van der Waals surface area (Å²) < 4.78 is 1.76. The monoisotopic (exact) mass is 311 g/mol. The smallest absolute Gasteiger partial charge is 0.209 e. The van der Waals surface area contributed by atoms with Crippen molar-refractivity contribution in [2.75, 3.05) is 0 Å². The number of aryl methyl sites for hydroxylation is 1. The summed E-state index contributed by atoms with van der Waals surface area (Å²) in [6, 6.07) is 9.38. The zero-order chi connectivity index (χ0) is 15.5. The van der Waals surface area contributed by atoms with Crippen LogP contribution in [-0.4, -0.2) is 30.0 Å². The molecule has 22 heavy (non-hydrogen) atoms. The van der Waals surface area contributed by atoms with E-state index in [1.165, 1.54) is 4.80 Å². The van der Waals surface area contributed by atoms with E-state index in [1.807, 2.05) is 19.1 Å². The molecule has 7 nitrogen and oxygen atoms in total. The molecule has 0 fully saturated rings. The molecule has 0 aliphatic carbocycles. The highest BCUT2D eigenvalue weighted by Crippen LogP contribution is 2.22. The average Bonchev–Trinajstić information content (AvgIpc) is 3.14. The molecule has 0 amide bonds. The van der Waals surface area contributed by atoms with Gasteiger partial charge in [-0.3, -0.25) is 4.68 Å². The number of nitriles is 1. The zero-order valence-corrected chi connectivity index (χ0v) is 12.8. The number of benzene rings is 1. The second-order valence-electron chi connectivity index (χ2n) is 4.65. The van der Waals surface area contributed by atoms with E-state index in [2.05, 4.69) is 39.2 Å². The topological polar surface area (TPSA) is 85.2 Å². The van der Waals surface area contributed by atoms with Crippen LogP contribution in [0.2, 0.25) is 0 Å². The Labute approximate surface area is 132 Å². The van der Waals surface area contributed by atoms with E-state index in [0.29, 0.717) is 17.9 Å². The molecule has 3 rings (SSSR count). The Bertz CT molecular complexity index is 826. The number of hydrogen-bond donors (Lipinski definition) is 1. The fourth-order valence-electron chi connectivity index (χ4n) is 2.03. The van der Waals surface area contributed by atoms with Gasteiger partial charge in [-0.05, 0) is 29.8 Å². The van der Waals surface area contributed by atoms with E-state index in [1.54, 1.807) is 23.0 Å². The Balaban J connectivity index is 1.81. The first-order valence-electron chi connectivity index (χ1n) is 6.73. The molecule has 0 N–H and O–H groups in total. The fourth-order valence-corrected chi connectivity index (χ4v) is 2.38. The van der Waals surface area contributed by atoms with E-state index < -0.39 is 0 Å². The number of nitrogens with zero attached hydrogens (tertiary/aromatic N) is 7. The van der Waals surface area contributed by atoms with Crippen LogP contribution in [0.5, 0.6) is 0 Å². The summed E-state index contributed by atoms with van der Waals surface area (Å²) in [6.45, 7) is 3.21. The van der Waals surface area contributed by atoms with Gasteiger partial charge in [-0.25, -0.2) is 0 Å². The van der Waals surface area contributed by atoms with Crippen LogP contribution in [0.15, 0.2) is 35.5 Å². The van der Waals surface area contributed by atoms with Crippen molar-refractivity contribution in [2.24, 2.45) is 0 Å². The first-order valence-corrected chi connectivity index (χ1v) is 7.18. The van der Waals surface area contributed by atoms with Crippen LogP contribution in [0.4, 0.5) is 0 Å². The largest absolute Gasteiger partial charge is 0.259 e. The van der Waals surface area contributed by atoms with Crippen molar-refractivity contribution in [3.05, 3.63) is 41.6 Å². The van der Waals surface area contributed by atoms with Crippen molar-refractivity contribution in [1.29, 1.82) is 5.26 Å². The predicted molar refractivity (Wildman–Crippen MR) is 82.2 cm³/mol. The molecule has 0 bridgehead atoms. The Morgan fingerprint density at radius 3 is 2.68 bits per heavy atom. The number of hydrogen-bond acceptors (Lipinski definition) is 6. The van der Waals surface area contributed by atoms with Gasteiger partial charge < -0.3 is 0 Å². The lowest BCUT2D eigenvalue weighted by Crippen LogP contribution is -2.04. The molecular formula is C14H13N7S. The predicted octanol–water partition coefficient (Wildman–Crippen LogP) is 1.77. The van der Waals surface area contributed by atoms with Gasteiger partial charge in [-0.2, -0.15) is 15.2 Å². The third kappa shape index (κ3) is 2.71. The first-order chi connectivity index (χ1) is 10.7. The van der Waals surface area contributed by atoms with Crippen molar-refractivity contribution in [2.45, 2.75) is 25.0 Å². The molecule has 110 valence electrons. The number of rotatable bonds is 4. The molecule has 0 saturated carbocycles. The van der Waals surface area contributed by atoms with Crippen LogP contribution in [0.25, 0.3) is 11.4 Å². The van der Waals surface area contributed by atoms with E-state index in [4.69, 9.17) is 5.26 Å².